The fourth-order valence-electron chi connectivity index (χ4n) is 2.49. The second kappa shape index (κ2) is 5.88. The number of ether oxygens (including phenoxy) is 1. The molecule has 0 aliphatic heterocycles. The third-order valence-electron chi connectivity index (χ3n) is 3.78. The monoisotopic (exact) mass is 304 g/mol. The molecule has 0 saturated carbocycles. The highest BCUT2D eigenvalue weighted by molar-refractivity contribution is 5.98. The van der Waals surface area contributed by atoms with Crippen molar-refractivity contribution in [2.45, 2.75) is 20.8 Å². The van der Waals surface area contributed by atoms with Gasteiger partial charge < -0.3 is 4.74 Å². The van der Waals surface area contributed by atoms with Crippen molar-refractivity contribution >= 4 is 16.7 Å². The summed E-state index contributed by atoms with van der Waals surface area (Å²) < 4.78 is 5.67. The van der Waals surface area contributed by atoms with E-state index in [0.717, 1.165) is 16.5 Å². The minimum Gasteiger partial charge on any atom is -0.425 e. The molecule has 23 heavy (non-hydrogen) atoms. The quantitative estimate of drug-likeness (QED) is 0.464. The Hall–Kier alpha value is -2.61. The molecule has 0 spiro atoms. The average molecular weight is 304 g/mol. The Morgan fingerprint density at radius 2 is 1.39 bits per heavy atom. The van der Waals surface area contributed by atoms with Crippen LogP contribution in [0.15, 0.2) is 66.7 Å². The van der Waals surface area contributed by atoms with Gasteiger partial charge in [0.1, 0.15) is 5.75 Å². The summed E-state index contributed by atoms with van der Waals surface area (Å²) in [7, 11) is 0. The minimum atomic E-state index is -0.536. The van der Waals surface area contributed by atoms with Crippen LogP contribution >= 0.6 is 0 Å². The van der Waals surface area contributed by atoms with Gasteiger partial charge in [-0.25, -0.2) is 0 Å². The van der Waals surface area contributed by atoms with Crippen molar-refractivity contribution in [2.24, 2.45) is 5.41 Å². The lowest BCUT2D eigenvalue weighted by molar-refractivity contribution is -0.142. The normalized spacial score (nSPS) is 11.4. The predicted octanol–water partition coefficient (Wildman–Crippen LogP) is 5.46. The van der Waals surface area contributed by atoms with Crippen molar-refractivity contribution < 1.29 is 9.53 Å². The van der Waals surface area contributed by atoms with Crippen LogP contribution in [0.25, 0.3) is 21.9 Å². The maximum Gasteiger partial charge on any atom is 0.316 e. The van der Waals surface area contributed by atoms with Crippen LogP contribution in [-0.2, 0) is 4.79 Å². The van der Waals surface area contributed by atoms with Crippen LogP contribution in [0, 0.1) is 5.41 Å². The summed E-state index contributed by atoms with van der Waals surface area (Å²) in [6, 6.07) is 22.1. The Kier molecular flexibility index (Phi) is 3.91. The number of esters is 1. The molecular formula is C21H20O2. The first-order valence-corrected chi connectivity index (χ1v) is 7.76. The van der Waals surface area contributed by atoms with E-state index in [2.05, 4.69) is 24.3 Å². The number of carbonyl (C=O) groups excluding carboxylic acids is 1. The molecule has 0 aromatic heterocycles. The van der Waals surface area contributed by atoms with Gasteiger partial charge in [-0.2, -0.15) is 0 Å². The number of benzene rings is 3. The molecule has 0 aliphatic rings. The van der Waals surface area contributed by atoms with Crippen molar-refractivity contribution in [3.8, 4) is 16.9 Å². The lowest BCUT2D eigenvalue weighted by atomic mass is 9.96. The van der Waals surface area contributed by atoms with Gasteiger partial charge >= 0.3 is 5.97 Å². The predicted molar refractivity (Wildman–Crippen MR) is 94.5 cm³/mol. The van der Waals surface area contributed by atoms with Crippen LogP contribution in [0.5, 0.6) is 5.75 Å². The van der Waals surface area contributed by atoms with E-state index in [9.17, 15) is 4.79 Å². The van der Waals surface area contributed by atoms with Crippen LogP contribution in [-0.4, -0.2) is 5.97 Å². The Balaban J connectivity index is 2.12. The summed E-state index contributed by atoms with van der Waals surface area (Å²) in [5.41, 5.74) is 1.47. The minimum absolute atomic E-state index is 0.231. The zero-order valence-corrected chi connectivity index (χ0v) is 13.7. The fraction of sp³-hybridized carbons (Fsp3) is 0.190. The van der Waals surface area contributed by atoms with Gasteiger partial charge in [0.2, 0.25) is 0 Å². The van der Waals surface area contributed by atoms with Crippen molar-refractivity contribution in [2.75, 3.05) is 0 Å². The Morgan fingerprint density at radius 3 is 2.17 bits per heavy atom. The number of hydrogen-bond acceptors (Lipinski definition) is 2. The Labute approximate surface area is 136 Å². The standard InChI is InChI=1S/C21H20O2/c1-21(2,3)20(22)23-19-14-7-6-12-18(19)17-13-8-10-15-9-4-5-11-16(15)17/h4-14H,1-3H3. The third kappa shape index (κ3) is 3.11. The smallest absolute Gasteiger partial charge is 0.316 e. The van der Waals surface area contributed by atoms with E-state index < -0.39 is 5.41 Å². The third-order valence-corrected chi connectivity index (χ3v) is 3.78. The number of hydrogen-bond donors (Lipinski definition) is 0. The molecule has 0 fully saturated rings. The molecule has 0 aliphatic carbocycles. The van der Waals surface area contributed by atoms with Crippen LogP contribution in [0.4, 0.5) is 0 Å². The molecule has 0 bridgehead atoms. The van der Waals surface area contributed by atoms with Gasteiger partial charge in [-0.3, -0.25) is 4.79 Å². The average Bonchev–Trinajstić information content (AvgIpc) is 2.54. The molecule has 3 aromatic rings. The second-order valence-corrected chi connectivity index (χ2v) is 6.66. The van der Waals surface area contributed by atoms with Gasteiger partial charge in [0, 0.05) is 5.56 Å². The van der Waals surface area contributed by atoms with E-state index in [1.165, 1.54) is 5.39 Å². The van der Waals surface area contributed by atoms with E-state index in [1.54, 1.807) is 0 Å². The van der Waals surface area contributed by atoms with E-state index in [-0.39, 0.29) is 5.97 Å². The number of fused-ring (bicyclic) bond motifs is 1. The van der Waals surface area contributed by atoms with Crippen molar-refractivity contribution in [1.82, 2.24) is 0 Å². The first-order chi connectivity index (χ1) is 11.0. The largest absolute Gasteiger partial charge is 0.425 e. The molecule has 0 N–H and O–H groups in total. The Morgan fingerprint density at radius 1 is 0.783 bits per heavy atom. The highest BCUT2D eigenvalue weighted by Gasteiger charge is 2.24. The van der Waals surface area contributed by atoms with Crippen molar-refractivity contribution in [3.63, 3.8) is 0 Å². The molecular weight excluding hydrogens is 284 g/mol. The molecule has 0 amide bonds. The van der Waals surface area contributed by atoms with Gasteiger partial charge in [-0.15, -0.1) is 0 Å². The van der Waals surface area contributed by atoms with Crippen LogP contribution in [0.1, 0.15) is 20.8 Å². The molecule has 0 unspecified atom stereocenters. The van der Waals surface area contributed by atoms with E-state index in [1.807, 2.05) is 63.2 Å². The summed E-state index contributed by atoms with van der Waals surface area (Å²) >= 11 is 0. The zero-order chi connectivity index (χ0) is 16.4. The van der Waals surface area contributed by atoms with Crippen molar-refractivity contribution in [1.29, 1.82) is 0 Å². The highest BCUT2D eigenvalue weighted by atomic mass is 16.5. The van der Waals surface area contributed by atoms with Gasteiger partial charge in [0.05, 0.1) is 5.41 Å². The van der Waals surface area contributed by atoms with Crippen LogP contribution in [0.2, 0.25) is 0 Å². The molecule has 3 aromatic carbocycles. The molecule has 0 heterocycles. The first-order valence-electron chi connectivity index (χ1n) is 7.76. The number of para-hydroxylation sites is 1. The highest BCUT2D eigenvalue weighted by Crippen LogP contribution is 2.35. The molecule has 0 radical (unpaired) electrons. The van der Waals surface area contributed by atoms with Gasteiger partial charge in [0.15, 0.2) is 0 Å². The van der Waals surface area contributed by atoms with Gasteiger partial charge in [0.25, 0.3) is 0 Å². The fourth-order valence-corrected chi connectivity index (χ4v) is 2.49. The number of rotatable bonds is 2. The first kappa shape index (κ1) is 15.3. The SMILES string of the molecule is CC(C)(C)C(=O)Oc1ccccc1-c1cccc2ccccc12. The van der Waals surface area contributed by atoms with Crippen LogP contribution in [0.3, 0.4) is 0 Å². The van der Waals surface area contributed by atoms with E-state index >= 15 is 0 Å². The second-order valence-electron chi connectivity index (χ2n) is 6.66. The topological polar surface area (TPSA) is 26.3 Å². The maximum atomic E-state index is 12.3. The zero-order valence-electron chi connectivity index (χ0n) is 13.7. The van der Waals surface area contributed by atoms with Crippen LogP contribution < -0.4 is 4.74 Å². The molecule has 0 atom stereocenters. The molecule has 116 valence electrons. The Bertz CT molecular complexity index is 852. The summed E-state index contributed by atoms with van der Waals surface area (Å²) in [6.07, 6.45) is 0. The number of carbonyl (C=O) groups is 1. The van der Waals surface area contributed by atoms with E-state index in [0.29, 0.717) is 5.75 Å². The maximum absolute atomic E-state index is 12.3. The van der Waals surface area contributed by atoms with Gasteiger partial charge in [-0.1, -0.05) is 60.7 Å². The summed E-state index contributed by atoms with van der Waals surface area (Å²) in [6.45, 7) is 5.57. The lowest BCUT2D eigenvalue weighted by Gasteiger charge is -2.18. The summed E-state index contributed by atoms with van der Waals surface area (Å²) in [5, 5.41) is 2.32. The summed E-state index contributed by atoms with van der Waals surface area (Å²) in [4.78, 5) is 12.3. The molecule has 3 rings (SSSR count). The molecule has 2 heteroatoms. The molecule has 0 saturated heterocycles. The lowest BCUT2D eigenvalue weighted by Crippen LogP contribution is -2.25. The summed E-state index contributed by atoms with van der Waals surface area (Å²) in [5.74, 6) is 0.369. The molecule has 2 nitrogen and oxygen atoms in total. The van der Waals surface area contributed by atoms with Crippen molar-refractivity contribution in [3.05, 3.63) is 66.7 Å². The van der Waals surface area contributed by atoms with E-state index in [4.69, 9.17) is 4.74 Å². The van der Waals surface area contributed by atoms with Gasteiger partial charge in [-0.05, 0) is 43.2 Å².